The van der Waals surface area contributed by atoms with Crippen molar-refractivity contribution in [1.29, 1.82) is 0 Å². The number of carbonyl (C=O) groups is 4. The summed E-state index contributed by atoms with van der Waals surface area (Å²) in [6, 6.07) is 4.37. The maximum atomic E-state index is 12.8. The molecule has 3 unspecified atom stereocenters. The highest BCUT2D eigenvalue weighted by atomic mass is 16.4. The number of para-hydroxylation sites is 1. The number of nitrogens with one attached hydrogen (secondary N) is 4. The number of aromatic amines is 1. The minimum atomic E-state index is -1.21. The van der Waals surface area contributed by atoms with Crippen molar-refractivity contribution in [3.8, 4) is 0 Å². The number of amides is 3. The van der Waals surface area contributed by atoms with Crippen LogP contribution in [0.25, 0.3) is 10.9 Å². The highest BCUT2D eigenvalue weighted by Gasteiger charge is 2.25. The first-order chi connectivity index (χ1) is 18.6. The molecule has 0 saturated heterocycles. The first kappa shape index (κ1) is 31.1. The number of carboxylic acids is 1. The minimum absolute atomic E-state index is 0.0462. The van der Waals surface area contributed by atoms with E-state index in [0.29, 0.717) is 25.8 Å². The Kier molecular flexibility index (Phi) is 12.7. The van der Waals surface area contributed by atoms with Gasteiger partial charge in [-0.25, -0.2) is 4.79 Å². The number of rotatable bonds is 17. The highest BCUT2D eigenvalue weighted by Crippen LogP contribution is 2.19. The van der Waals surface area contributed by atoms with Gasteiger partial charge in [0.2, 0.25) is 17.7 Å². The zero-order chi connectivity index (χ0) is 28.8. The fraction of sp³-hybridized carbons (Fsp3) is 0.480. The molecular weight excluding hydrogens is 506 g/mol. The average molecular weight is 546 g/mol. The molecule has 0 aliphatic rings. The minimum Gasteiger partial charge on any atom is -0.480 e. The second-order valence-electron chi connectivity index (χ2n) is 9.14. The van der Waals surface area contributed by atoms with Gasteiger partial charge < -0.3 is 49.0 Å². The molecule has 0 aliphatic carbocycles. The molecule has 2 rings (SSSR count). The van der Waals surface area contributed by atoms with Crippen LogP contribution in [0, 0.1) is 0 Å². The van der Waals surface area contributed by atoms with Crippen LogP contribution in [0.4, 0.5) is 0 Å². The van der Waals surface area contributed by atoms with Gasteiger partial charge in [-0.05, 0) is 43.9 Å². The lowest BCUT2D eigenvalue weighted by Gasteiger charge is -2.21. The molecule has 14 heteroatoms. The quantitative estimate of drug-likeness (QED) is 0.0628. The summed E-state index contributed by atoms with van der Waals surface area (Å²) in [4.78, 5) is 56.7. The molecule has 214 valence electrons. The molecule has 2 aromatic rings. The molecular formula is C25H39N9O5. The summed E-state index contributed by atoms with van der Waals surface area (Å²) < 4.78 is 0. The Balaban J connectivity index is 1.96. The normalized spacial score (nSPS) is 13.2. The van der Waals surface area contributed by atoms with E-state index in [1.807, 2.05) is 24.3 Å². The molecule has 1 heterocycles. The number of hydrogen-bond donors (Lipinski definition) is 9. The van der Waals surface area contributed by atoms with E-state index in [1.54, 1.807) is 6.20 Å². The summed E-state index contributed by atoms with van der Waals surface area (Å²) in [6.45, 7) is 0.231. The van der Waals surface area contributed by atoms with Crippen LogP contribution in [0.15, 0.2) is 35.5 Å². The van der Waals surface area contributed by atoms with Crippen molar-refractivity contribution >= 4 is 40.6 Å². The third-order valence-corrected chi connectivity index (χ3v) is 6.04. The maximum absolute atomic E-state index is 12.8. The number of aromatic nitrogens is 1. The van der Waals surface area contributed by atoms with Crippen LogP contribution in [0.1, 0.15) is 37.7 Å². The number of nitrogens with zero attached hydrogens (tertiary/aromatic N) is 1. The Labute approximate surface area is 226 Å². The van der Waals surface area contributed by atoms with Crippen LogP contribution < -0.4 is 38.9 Å². The number of aliphatic imine (C=N–C) groups is 1. The van der Waals surface area contributed by atoms with E-state index in [9.17, 15) is 24.3 Å². The van der Waals surface area contributed by atoms with E-state index >= 15 is 0 Å². The van der Waals surface area contributed by atoms with Crippen LogP contribution in [-0.2, 0) is 25.6 Å². The number of carboxylic acid groups (broad SMARTS) is 1. The second kappa shape index (κ2) is 15.9. The largest absolute Gasteiger partial charge is 0.480 e. The van der Waals surface area contributed by atoms with Gasteiger partial charge >= 0.3 is 5.97 Å². The summed E-state index contributed by atoms with van der Waals surface area (Å²) in [5.74, 6) is -3.14. The number of fused-ring (bicyclic) bond motifs is 1. The van der Waals surface area contributed by atoms with Gasteiger partial charge in [0.1, 0.15) is 12.1 Å². The van der Waals surface area contributed by atoms with E-state index in [1.165, 1.54) is 0 Å². The number of unbranched alkanes of at least 4 members (excludes halogenated alkanes) is 1. The van der Waals surface area contributed by atoms with Gasteiger partial charge in [-0.2, -0.15) is 0 Å². The van der Waals surface area contributed by atoms with Gasteiger partial charge in [-0.3, -0.25) is 19.4 Å². The van der Waals surface area contributed by atoms with Gasteiger partial charge in [-0.1, -0.05) is 24.6 Å². The standard InChI is InChI=1S/C25H39N9O5/c26-10-4-3-7-17(27)22(36)34-19(9-5-11-30-25(28)29)23(37)32-14-21(35)33-20(24(38)39)12-15-13-31-18-8-2-1-6-16(15)18/h1-2,6,8,13,17,19-20,31H,3-5,7,9-12,14,26-27H2,(H,32,37)(H,33,35)(H,34,36)(H,38,39)(H4,28,29,30). The molecule has 0 radical (unpaired) electrons. The van der Waals surface area contributed by atoms with E-state index in [2.05, 4.69) is 25.9 Å². The molecule has 14 nitrogen and oxygen atoms in total. The molecule has 39 heavy (non-hydrogen) atoms. The SMILES string of the molecule is NCCCCC(N)C(=O)NC(CCCN=C(N)N)C(=O)NCC(=O)NC(Cc1c[nH]c2ccccc12)C(=O)O. The van der Waals surface area contributed by atoms with Crippen LogP contribution >= 0.6 is 0 Å². The van der Waals surface area contributed by atoms with Gasteiger partial charge in [0.25, 0.3) is 0 Å². The number of carbonyl (C=O) groups excluding carboxylic acids is 3. The number of guanidine groups is 1. The first-order valence-electron chi connectivity index (χ1n) is 12.8. The maximum Gasteiger partial charge on any atom is 0.326 e. The monoisotopic (exact) mass is 545 g/mol. The number of aliphatic carboxylic acids is 1. The number of nitrogens with two attached hydrogens (primary N) is 4. The molecule has 3 amide bonds. The molecule has 1 aromatic carbocycles. The Hall–Kier alpha value is -4.17. The number of H-pyrrole nitrogens is 1. The van der Waals surface area contributed by atoms with Crippen molar-refractivity contribution in [2.45, 2.75) is 56.7 Å². The molecule has 0 fully saturated rings. The Morgan fingerprint density at radius 1 is 0.974 bits per heavy atom. The summed E-state index contributed by atoms with van der Waals surface area (Å²) >= 11 is 0. The van der Waals surface area contributed by atoms with Crippen molar-refractivity contribution in [3.63, 3.8) is 0 Å². The smallest absolute Gasteiger partial charge is 0.326 e. The van der Waals surface area contributed by atoms with Gasteiger partial charge in [0.05, 0.1) is 12.6 Å². The van der Waals surface area contributed by atoms with Crippen molar-refractivity contribution < 1.29 is 24.3 Å². The fourth-order valence-electron chi connectivity index (χ4n) is 3.95. The van der Waals surface area contributed by atoms with Gasteiger partial charge in [0, 0.05) is 30.1 Å². The Morgan fingerprint density at radius 3 is 2.41 bits per heavy atom. The van der Waals surface area contributed by atoms with E-state index < -0.39 is 48.4 Å². The van der Waals surface area contributed by atoms with Crippen molar-refractivity contribution in [2.75, 3.05) is 19.6 Å². The molecule has 3 atom stereocenters. The van der Waals surface area contributed by atoms with Crippen LogP contribution in [0.5, 0.6) is 0 Å². The zero-order valence-corrected chi connectivity index (χ0v) is 21.8. The first-order valence-corrected chi connectivity index (χ1v) is 12.8. The van der Waals surface area contributed by atoms with Crippen molar-refractivity contribution in [2.24, 2.45) is 27.9 Å². The molecule has 1 aromatic heterocycles. The number of hydrogen-bond acceptors (Lipinski definition) is 7. The van der Waals surface area contributed by atoms with Crippen LogP contribution in [0.3, 0.4) is 0 Å². The van der Waals surface area contributed by atoms with E-state index in [4.69, 9.17) is 22.9 Å². The molecule has 13 N–H and O–H groups in total. The van der Waals surface area contributed by atoms with Gasteiger partial charge in [-0.15, -0.1) is 0 Å². The summed E-state index contributed by atoms with van der Waals surface area (Å²) in [5.41, 5.74) is 23.6. The third-order valence-electron chi connectivity index (χ3n) is 6.04. The lowest BCUT2D eigenvalue weighted by molar-refractivity contribution is -0.141. The molecule has 0 saturated carbocycles. The predicted octanol–water partition coefficient (Wildman–Crippen LogP) is -1.61. The summed E-state index contributed by atoms with van der Waals surface area (Å²) in [7, 11) is 0. The Bertz CT molecular complexity index is 1150. The predicted molar refractivity (Wildman–Crippen MR) is 147 cm³/mol. The molecule has 0 aliphatic heterocycles. The molecule has 0 bridgehead atoms. The summed E-state index contributed by atoms with van der Waals surface area (Å²) in [5, 5.41) is 18.0. The van der Waals surface area contributed by atoms with Crippen LogP contribution in [-0.4, -0.2) is 77.5 Å². The lowest BCUT2D eigenvalue weighted by Crippen LogP contribution is -2.53. The van der Waals surface area contributed by atoms with Crippen molar-refractivity contribution in [1.82, 2.24) is 20.9 Å². The summed E-state index contributed by atoms with van der Waals surface area (Å²) in [6.07, 6.45) is 4.09. The lowest BCUT2D eigenvalue weighted by atomic mass is 10.0. The fourth-order valence-corrected chi connectivity index (χ4v) is 3.95. The van der Waals surface area contributed by atoms with E-state index in [0.717, 1.165) is 22.9 Å². The second-order valence-corrected chi connectivity index (χ2v) is 9.14. The average Bonchev–Trinajstić information content (AvgIpc) is 3.31. The number of benzene rings is 1. The van der Waals surface area contributed by atoms with E-state index in [-0.39, 0.29) is 25.3 Å². The topological polar surface area (TPSA) is 257 Å². The van der Waals surface area contributed by atoms with Crippen molar-refractivity contribution in [3.05, 3.63) is 36.0 Å². The molecule has 0 spiro atoms. The van der Waals surface area contributed by atoms with Crippen LogP contribution in [0.2, 0.25) is 0 Å². The third kappa shape index (κ3) is 10.6. The Morgan fingerprint density at radius 2 is 1.72 bits per heavy atom. The van der Waals surface area contributed by atoms with Gasteiger partial charge in [0.15, 0.2) is 5.96 Å². The highest BCUT2D eigenvalue weighted by molar-refractivity contribution is 5.93. The zero-order valence-electron chi connectivity index (χ0n) is 21.8.